The summed E-state index contributed by atoms with van der Waals surface area (Å²) in [5, 5.41) is 12.0. The van der Waals surface area contributed by atoms with Crippen LogP contribution in [0.1, 0.15) is 57.9 Å². The molecule has 0 heterocycles. The molecule has 0 spiro atoms. The Morgan fingerprint density at radius 3 is 2.10 bits per heavy atom. The molecule has 0 amide bonds. The number of aromatic hydroxyl groups is 1. The van der Waals surface area contributed by atoms with Gasteiger partial charge in [0.1, 0.15) is 5.75 Å². The van der Waals surface area contributed by atoms with E-state index in [1.165, 1.54) is 44.1 Å². The van der Waals surface area contributed by atoms with Crippen LogP contribution in [0, 0.1) is 5.92 Å². The minimum absolute atomic E-state index is 0.362. The van der Waals surface area contributed by atoms with Crippen LogP contribution in [0.5, 0.6) is 5.75 Å². The highest BCUT2D eigenvalue weighted by atomic mass is 16.3. The number of benzene rings is 1. The lowest BCUT2D eigenvalue weighted by atomic mass is 9.95. The second-order valence-corrected chi connectivity index (χ2v) is 5.68. The fourth-order valence-corrected chi connectivity index (χ4v) is 2.23. The fourth-order valence-electron chi connectivity index (χ4n) is 2.23. The van der Waals surface area contributed by atoms with Gasteiger partial charge in [-0.2, -0.15) is 0 Å². The van der Waals surface area contributed by atoms with Crippen LogP contribution < -0.4 is 5.32 Å². The predicted molar refractivity (Wildman–Crippen MR) is 89.3 cm³/mol. The topological polar surface area (TPSA) is 32.3 Å². The Morgan fingerprint density at radius 2 is 1.55 bits per heavy atom. The van der Waals surface area contributed by atoms with Crippen LogP contribution in [0.25, 0.3) is 0 Å². The average molecular weight is 279 g/mol. The van der Waals surface area contributed by atoms with Crippen molar-refractivity contribution in [3.8, 4) is 5.75 Å². The third kappa shape index (κ3) is 10.9. The Balaban J connectivity index is 0.00000110. The van der Waals surface area contributed by atoms with Crippen LogP contribution in [-0.2, 0) is 6.42 Å². The minimum atomic E-state index is 0.362. The van der Waals surface area contributed by atoms with E-state index in [-0.39, 0.29) is 0 Å². The van der Waals surface area contributed by atoms with Crippen LogP contribution >= 0.6 is 0 Å². The SMILES string of the molecule is CCCCCCCC(C)Cc1ccc(O)cc1.CNC. The van der Waals surface area contributed by atoms with E-state index in [4.69, 9.17) is 0 Å². The van der Waals surface area contributed by atoms with Gasteiger partial charge in [0.25, 0.3) is 0 Å². The molecule has 0 fully saturated rings. The van der Waals surface area contributed by atoms with Crippen molar-refractivity contribution >= 4 is 0 Å². The molecule has 20 heavy (non-hydrogen) atoms. The van der Waals surface area contributed by atoms with E-state index in [9.17, 15) is 5.11 Å². The third-order valence-electron chi connectivity index (χ3n) is 3.32. The summed E-state index contributed by atoms with van der Waals surface area (Å²) >= 11 is 0. The highest BCUT2D eigenvalue weighted by molar-refractivity contribution is 5.26. The van der Waals surface area contributed by atoms with Gasteiger partial charge in [0.2, 0.25) is 0 Å². The van der Waals surface area contributed by atoms with E-state index in [1.54, 1.807) is 12.1 Å². The van der Waals surface area contributed by atoms with E-state index in [0.717, 1.165) is 12.3 Å². The van der Waals surface area contributed by atoms with Crippen molar-refractivity contribution < 1.29 is 5.11 Å². The van der Waals surface area contributed by atoms with Gasteiger partial charge in [0, 0.05) is 0 Å². The summed E-state index contributed by atoms with van der Waals surface area (Å²) in [6.07, 6.45) is 9.30. The number of unbranched alkanes of at least 4 members (excludes halogenated alkanes) is 4. The van der Waals surface area contributed by atoms with Crippen molar-refractivity contribution in [2.24, 2.45) is 5.92 Å². The van der Waals surface area contributed by atoms with Crippen LogP contribution in [0.3, 0.4) is 0 Å². The first-order valence-electron chi connectivity index (χ1n) is 8.00. The Kier molecular flexibility index (Phi) is 12.3. The van der Waals surface area contributed by atoms with E-state index < -0.39 is 0 Å². The Bertz CT molecular complexity index is 308. The number of hydrogen-bond donors (Lipinski definition) is 2. The summed E-state index contributed by atoms with van der Waals surface area (Å²) in [5.74, 6) is 1.11. The molecular weight excluding hydrogens is 246 g/mol. The lowest BCUT2D eigenvalue weighted by Gasteiger charge is -2.11. The molecule has 0 bridgehead atoms. The van der Waals surface area contributed by atoms with Gasteiger partial charge in [0.05, 0.1) is 0 Å². The highest BCUT2D eigenvalue weighted by Gasteiger charge is 2.03. The highest BCUT2D eigenvalue weighted by Crippen LogP contribution is 2.18. The molecule has 1 rings (SSSR count). The molecule has 0 aliphatic carbocycles. The molecule has 1 aromatic carbocycles. The normalized spacial score (nSPS) is 11.6. The zero-order valence-electron chi connectivity index (χ0n) is 13.8. The number of hydrogen-bond acceptors (Lipinski definition) is 2. The van der Waals surface area contributed by atoms with Gasteiger partial charge >= 0.3 is 0 Å². The van der Waals surface area contributed by atoms with Crippen LogP contribution in [0.2, 0.25) is 0 Å². The van der Waals surface area contributed by atoms with Gasteiger partial charge in [-0.15, -0.1) is 0 Å². The molecule has 0 saturated heterocycles. The third-order valence-corrected chi connectivity index (χ3v) is 3.32. The second-order valence-electron chi connectivity index (χ2n) is 5.68. The van der Waals surface area contributed by atoms with Crippen LogP contribution in [0.4, 0.5) is 0 Å². The standard InChI is InChI=1S/C16H26O.C2H7N/c1-3-4-5-6-7-8-14(2)13-15-9-11-16(17)12-10-15;1-3-2/h9-12,14,17H,3-8,13H2,1-2H3;3H,1-2H3. The van der Waals surface area contributed by atoms with Crippen molar-refractivity contribution in [1.29, 1.82) is 0 Å². The molecule has 0 radical (unpaired) electrons. The Morgan fingerprint density at radius 1 is 1.00 bits per heavy atom. The van der Waals surface area contributed by atoms with Crippen molar-refractivity contribution in [2.75, 3.05) is 14.1 Å². The molecule has 2 nitrogen and oxygen atoms in total. The van der Waals surface area contributed by atoms with Gasteiger partial charge in [-0.05, 0) is 44.1 Å². The average Bonchev–Trinajstić information content (AvgIpc) is 2.42. The Hall–Kier alpha value is -1.02. The lowest BCUT2D eigenvalue weighted by molar-refractivity contribution is 0.472. The van der Waals surface area contributed by atoms with E-state index in [0.29, 0.717) is 5.75 Å². The fraction of sp³-hybridized carbons (Fsp3) is 0.667. The summed E-state index contributed by atoms with van der Waals surface area (Å²) in [5.41, 5.74) is 1.34. The molecule has 116 valence electrons. The number of phenolic OH excluding ortho intramolecular Hbond substituents is 1. The molecule has 0 aromatic heterocycles. The van der Waals surface area contributed by atoms with Crippen molar-refractivity contribution in [3.05, 3.63) is 29.8 Å². The van der Waals surface area contributed by atoms with Gasteiger partial charge in [0.15, 0.2) is 0 Å². The zero-order valence-corrected chi connectivity index (χ0v) is 13.8. The van der Waals surface area contributed by atoms with Crippen molar-refractivity contribution in [1.82, 2.24) is 5.32 Å². The second kappa shape index (κ2) is 13.0. The van der Waals surface area contributed by atoms with Crippen LogP contribution in [0.15, 0.2) is 24.3 Å². The molecule has 0 aliphatic rings. The largest absolute Gasteiger partial charge is 0.508 e. The van der Waals surface area contributed by atoms with Crippen molar-refractivity contribution in [2.45, 2.75) is 58.8 Å². The van der Waals surface area contributed by atoms with Gasteiger partial charge in [-0.25, -0.2) is 0 Å². The summed E-state index contributed by atoms with van der Waals surface area (Å²) in [6.45, 7) is 4.58. The minimum Gasteiger partial charge on any atom is -0.508 e. The summed E-state index contributed by atoms with van der Waals surface area (Å²) < 4.78 is 0. The van der Waals surface area contributed by atoms with Gasteiger partial charge in [-0.3, -0.25) is 0 Å². The first-order chi connectivity index (χ1) is 9.63. The van der Waals surface area contributed by atoms with E-state index >= 15 is 0 Å². The predicted octanol–water partition coefficient (Wildman–Crippen LogP) is 4.77. The number of phenols is 1. The molecular formula is C18H33NO. The monoisotopic (exact) mass is 279 g/mol. The van der Waals surface area contributed by atoms with E-state index in [2.05, 4.69) is 19.2 Å². The smallest absolute Gasteiger partial charge is 0.115 e. The molecule has 0 aliphatic heterocycles. The first kappa shape index (κ1) is 19.0. The molecule has 1 atom stereocenters. The van der Waals surface area contributed by atoms with Gasteiger partial charge < -0.3 is 10.4 Å². The maximum absolute atomic E-state index is 9.21. The zero-order chi connectivity index (χ0) is 15.2. The molecule has 1 aromatic rings. The van der Waals surface area contributed by atoms with Gasteiger partial charge in [-0.1, -0.05) is 64.5 Å². The first-order valence-corrected chi connectivity index (χ1v) is 8.00. The van der Waals surface area contributed by atoms with E-state index in [1.807, 2.05) is 26.2 Å². The number of rotatable bonds is 8. The quantitative estimate of drug-likeness (QED) is 0.672. The summed E-state index contributed by atoms with van der Waals surface area (Å²) in [6, 6.07) is 7.62. The maximum atomic E-state index is 9.21. The van der Waals surface area contributed by atoms with Crippen molar-refractivity contribution in [3.63, 3.8) is 0 Å². The van der Waals surface area contributed by atoms with Crippen LogP contribution in [-0.4, -0.2) is 19.2 Å². The molecule has 0 saturated carbocycles. The lowest BCUT2D eigenvalue weighted by Crippen LogP contribution is -1.99. The summed E-state index contributed by atoms with van der Waals surface area (Å²) in [4.78, 5) is 0. The summed E-state index contributed by atoms with van der Waals surface area (Å²) in [7, 11) is 3.75. The molecule has 1 unspecified atom stereocenters. The molecule has 2 N–H and O–H groups in total. The Labute approximate surface area is 125 Å². The maximum Gasteiger partial charge on any atom is 0.115 e. The molecule has 2 heteroatoms. The number of nitrogens with one attached hydrogen (secondary N) is 1.